The number of nitrogens with one attached hydrogen (secondary N) is 1. The molecule has 1 aromatic heterocycles. The molecular weight excluding hydrogens is 310 g/mol. The van der Waals surface area contributed by atoms with Gasteiger partial charge in [0.2, 0.25) is 0 Å². The quantitative estimate of drug-likeness (QED) is 0.896. The molecule has 2 heterocycles. The highest BCUT2D eigenvalue weighted by Gasteiger charge is 2.20. The van der Waals surface area contributed by atoms with Crippen LogP contribution in [0, 0.1) is 5.92 Å². The summed E-state index contributed by atoms with van der Waals surface area (Å²) in [5.74, 6) is 2.19. The Balaban J connectivity index is 1.72. The van der Waals surface area contributed by atoms with E-state index in [1.54, 1.807) is 6.33 Å². The summed E-state index contributed by atoms with van der Waals surface area (Å²) in [7, 11) is 0. The van der Waals surface area contributed by atoms with Crippen LogP contribution >= 0.6 is 11.6 Å². The number of nitrogens with zero attached hydrogens (tertiary/aromatic N) is 3. The molecule has 0 bridgehead atoms. The fourth-order valence-corrected chi connectivity index (χ4v) is 3.07. The normalized spacial score (nSPS) is 18.0. The first-order valence-electron chi connectivity index (χ1n) is 7.97. The molecule has 0 aliphatic carbocycles. The third-order valence-corrected chi connectivity index (χ3v) is 4.44. The Labute approximate surface area is 141 Å². The van der Waals surface area contributed by atoms with Crippen molar-refractivity contribution in [3.63, 3.8) is 0 Å². The zero-order valence-corrected chi connectivity index (χ0v) is 14.1. The van der Waals surface area contributed by atoms with Crippen LogP contribution in [0.3, 0.4) is 0 Å². The summed E-state index contributed by atoms with van der Waals surface area (Å²) in [4.78, 5) is 10.9. The van der Waals surface area contributed by atoms with Crippen molar-refractivity contribution in [3.8, 4) is 0 Å². The number of nitrogens with two attached hydrogens (primary N) is 1. The zero-order valence-electron chi connectivity index (χ0n) is 13.3. The van der Waals surface area contributed by atoms with E-state index in [4.69, 9.17) is 17.3 Å². The van der Waals surface area contributed by atoms with Gasteiger partial charge >= 0.3 is 0 Å². The number of anilines is 3. The molecule has 1 fully saturated rings. The lowest BCUT2D eigenvalue weighted by Gasteiger charge is -2.32. The number of aromatic nitrogens is 2. The van der Waals surface area contributed by atoms with Gasteiger partial charge in [0, 0.05) is 24.7 Å². The Bertz CT molecular complexity index is 659. The van der Waals surface area contributed by atoms with Crippen LogP contribution < -0.4 is 16.0 Å². The first-order chi connectivity index (χ1) is 11.1. The molecule has 1 unspecified atom stereocenters. The predicted molar refractivity (Wildman–Crippen MR) is 95.8 cm³/mol. The van der Waals surface area contributed by atoms with Crippen LogP contribution in [0.2, 0.25) is 5.02 Å². The molecule has 122 valence electrons. The van der Waals surface area contributed by atoms with Crippen molar-refractivity contribution in [3.05, 3.63) is 41.2 Å². The number of hydrogen-bond donors (Lipinski definition) is 2. The summed E-state index contributed by atoms with van der Waals surface area (Å²) in [5, 5.41) is 4.03. The molecule has 0 saturated carbocycles. The van der Waals surface area contributed by atoms with E-state index in [1.165, 1.54) is 12.8 Å². The second-order valence-corrected chi connectivity index (χ2v) is 6.57. The molecule has 5 nitrogen and oxygen atoms in total. The van der Waals surface area contributed by atoms with Crippen molar-refractivity contribution in [2.45, 2.75) is 26.3 Å². The molecule has 1 aliphatic heterocycles. The molecular formula is C17H22ClN5. The molecule has 0 spiro atoms. The average Bonchev–Trinajstić information content (AvgIpc) is 2.55. The van der Waals surface area contributed by atoms with E-state index >= 15 is 0 Å². The molecule has 1 aromatic carbocycles. The Hall–Kier alpha value is -2.01. The second-order valence-electron chi connectivity index (χ2n) is 6.13. The van der Waals surface area contributed by atoms with Gasteiger partial charge in [-0.2, -0.15) is 0 Å². The van der Waals surface area contributed by atoms with E-state index in [-0.39, 0.29) is 0 Å². The average molecular weight is 332 g/mol. The Morgan fingerprint density at radius 2 is 2.09 bits per heavy atom. The van der Waals surface area contributed by atoms with Crippen LogP contribution in [0.4, 0.5) is 17.3 Å². The topological polar surface area (TPSA) is 67.1 Å². The first kappa shape index (κ1) is 15.9. The van der Waals surface area contributed by atoms with Gasteiger partial charge in [-0.15, -0.1) is 0 Å². The fraction of sp³-hybridized carbons (Fsp3) is 0.412. The van der Waals surface area contributed by atoms with Crippen molar-refractivity contribution in [1.82, 2.24) is 9.97 Å². The first-order valence-corrected chi connectivity index (χ1v) is 8.35. The van der Waals surface area contributed by atoms with Gasteiger partial charge < -0.3 is 16.0 Å². The monoisotopic (exact) mass is 331 g/mol. The van der Waals surface area contributed by atoms with E-state index in [9.17, 15) is 0 Å². The Morgan fingerprint density at radius 1 is 1.30 bits per heavy atom. The van der Waals surface area contributed by atoms with E-state index in [1.807, 2.05) is 24.3 Å². The number of piperidine rings is 1. The molecule has 3 N–H and O–H groups in total. The molecule has 6 heteroatoms. The van der Waals surface area contributed by atoms with Gasteiger partial charge in [-0.1, -0.05) is 30.7 Å². The fourth-order valence-electron chi connectivity index (χ4n) is 2.95. The second kappa shape index (κ2) is 7.04. The van der Waals surface area contributed by atoms with E-state index < -0.39 is 0 Å². The van der Waals surface area contributed by atoms with E-state index in [0.29, 0.717) is 24.0 Å². The number of hydrogen-bond acceptors (Lipinski definition) is 5. The summed E-state index contributed by atoms with van der Waals surface area (Å²) in [6.07, 6.45) is 4.02. The van der Waals surface area contributed by atoms with Gasteiger partial charge in [-0.05, 0) is 36.5 Å². The molecule has 2 aromatic rings. The third kappa shape index (κ3) is 3.85. The zero-order chi connectivity index (χ0) is 16.2. The lowest BCUT2D eigenvalue weighted by atomic mass is 10.0. The maximum Gasteiger partial charge on any atom is 0.157 e. The molecule has 23 heavy (non-hydrogen) atoms. The van der Waals surface area contributed by atoms with Gasteiger partial charge in [-0.3, -0.25) is 0 Å². The van der Waals surface area contributed by atoms with Crippen molar-refractivity contribution in [1.29, 1.82) is 0 Å². The SMILES string of the molecule is CC1CCCN(c2ncnc(NCc3ccc(Cl)cc3)c2N)C1. The van der Waals surface area contributed by atoms with Crippen LogP contribution in [-0.2, 0) is 6.54 Å². The smallest absolute Gasteiger partial charge is 0.157 e. The molecule has 1 saturated heterocycles. The van der Waals surface area contributed by atoms with Gasteiger partial charge in [-0.25, -0.2) is 9.97 Å². The minimum Gasteiger partial charge on any atom is -0.393 e. The minimum atomic E-state index is 0.621. The third-order valence-electron chi connectivity index (χ3n) is 4.19. The maximum atomic E-state index is 6.30. The van der Waals surface area contributed by atoms with Crippen molar-refractivity contribution in [2.75, 3.05) is 29.0 Å². The lowest BCUT2D eigenvalue weighted by Crippen LogP contribution is -2.35. The summed E-state index contributed by atoms with van der Waals surface area (Å²) >= 11 is 5.91. The van der Waals surface area contributed by atoms with Crippen molar-refractivity contribution >= 4 is 28.9 Å². The van der Waals surface area contributed by atoms with Crippen molar-refractivity contribution < 1.29 is 0 Å². The largest absolute Gasteiger partial charge is 0.393 e. The molecule has 1 atom stereocenters. The highest BCUT2D eigenvalue weighted by molar-refractivity contribution is 6.30. The number of benzene rings is 1. The summed E-state index contributed by atoms with van der Waals surface area (Å²) in [5.41, 5.74) is 8.04. The van der Waals surface area contributed by atoms with Gasteiger partial charge in [0.1, 0.15) is 12.0 Å². The summed E-state index contributed by atoms with van der Waals surface area (Å²) < 4.78 is 0. The van der Waals surface area contributed by atoms with Gasteiger partial charge in [0.15, 0.2) is 11.6 Å². The molecule has 0 radical (unpaired) electrons. The minimum absolute atomic E-state index is 0.621. The number of nitrogen functional groups attached to an aromatic ring is 1. The predicted octanol–water partition coefficient (Wildman–Crippen LogP) is 3.56. The van der Waals surface area contributed by atoms with Gasteiger partial charge in [0.25, 0.3) is 0 Å². The molecule has 0 amide bonds. The van der Waals surface area contributed by atoms with Gasteiger partial charge in [0.05, 0.1) is 0 Å². The van der Waals surface area contributed by atoms with Crippen LogP contribution in [0.5, 0.6) is 0 Å². The number of halogens is 1. The maximum absolute atomic E-state index is 6.30. The van der Waals surface area contributed by atoms with Crippen molar-refractivity contribution in [2.24, 2.45) is 5.92 Å². The highest BCUT2D eigenvalue weighted by Crippen LogP contribution is 2.29. The summed E-state index contributed by atoms with van der Waals surface area (Å²) in [6.45, 7) is 4.91. The van der Waals surface area contributed by atoms with E-state index in [2.05, 4.69) is 27.1 Å². The number of rotatable bonds is 4. The Morgan fingerprint density at radius 3 is 2.83 bits per heavy atom. The van der Waals surface area contributed by atoms with Crippen LogP contribution in [-0.4, -0.2) is 23.1 Å². The standard InChI is InChI=1S/C17H22ClN5/c1-12-3-2-8-23(10-12)17-15(19)16(21-11-22-17)20-9-13-4-6-14(18)7-5-13/h4-7,11-12H,2-3,8-10,19H2,1H3,(H,20,21,22). The summed E-state index contributed by atoms with van der Waals surface area (Å²) in [6, 6.07) is 7.73. The van der Waals surface area contributed by atoms with Crippen LogP contribution in [0.1, 0.15) is 25.3 Å². The Kier molecular flexibility index (Phi) is 4.86. The molecule has 1 aliphatic rings. The lowest BCUT2D eigenvalue weighted by molar-refractivity contribution is 0.445. The van der Waals surface area contributed by atoms with Crippen LogP contribution in [0.25, 0.3) is 0 Å². The van der Waals surface area contributed by atoms with E-state index in [0.717, 1.165) is 29.5 Å². The highest BCUT2D eigenvalue weighted by atomic mass is 35.5. The molecule has 3 rings (SSSR count). The van der Waals surface area contributed by atoms with Crippen LogP contribution in [0.15, 0.2) is 30.6 Å².